The Labute approximate surface area is 75.2 Å². The fraction of sp³-hybridized carbons (Fsp3) is 0.333. The van der Waals surface area contributed by atoms with Gasteiger partial charge in [-0.1, -0.05) is 11.6 Å². The van der Waals surface area contributed by atoms with E-state index < -0.39 is 17.9 Å². The molecule has 0 saturated carbocycles. The molecule has 13 heavy (non-hydrogen) atoms. The van der Waals surface area contributed by atoms with Gasteiger partial charge in [-0.15, -0.1) is 0 Å². The minimum atomic E-state index is -1.08. The first-order valence-electron chi connectivity index (χ1n) is 3.86. The molecule has 0 heterocycles. The third-order valence-electron chi connectivity index (χ3n) is 1.89. The summed E-state index contributed by atoms with van der Waals surface area (Å²) in [5, 5.41) is 17.3. The quantitative estimate of drug-likeness (QED) is 0.669. The van der Waals surface area contributed by atoms with Crippen molar-refractivity contribution in [2.24, 2.45) is 5.92 Å². The first-order chi connectivity index (χ1) is 6.00. The maximum Gasteiger partial charge on any atom is 0.335 e. The summed E-state index contributed by atoms with van der Waals surface area (Å²) in [5.41, 5.74) is 0.850. The zero-order valence-corrected chi connectivity index (χ0v) is 7.15. The van der Waals surface area contributed by atoms with E-state index in [2.05, 4.69) is 0 Å². The molecule has 70 valence electrons. The molecule has 0 aromatic heterocycles. The van der Waals surface area contributed by atoms with Crippen molar-refractivity contribution >= 4 is 11.9 Å². The van der Waals surface area contributed by atoms with Crippen molar-refractivity contribution in [1.82, 2.24) is 0 Å². The fourth-order valence-corrected chi connectivity index (χ4v) is 1.29. The summed E-state index contributed by atoms with van der Waals surface area (Å²) in [5.74, 6) is -2.76. The lowest BCUT2D eigenvalue weighted by Gasteiger charge is -2.14. The van der Waals surface area contributed by atoms with E-state index in [0.717, 1.165) is 5.57 Å². The minimum Gasteiger partial charge on any atom is -0.481 e. The predicted octanol–water partition coefficient (Wildman–Crippen LogP) is 1.05. The first kappa shape index (κ1) is 9.51. The van der Waals surface area contributed by atoms with Crippen molar-refractivity contribution in [2.45, 2.75) is 13.3 Å². The molecule has 1 aliphatic rings. The van der Waals surface area contributed by atoms with E-state index in [4.69, 9.17) is 10.2 Å². The van der Waals surface area contributed by atoms with Gasteiger partial charge in [0.2, 0.25) is 0 Å². The second kappa shape index (κ2) is 3.43. The molecule has 0 spiro atoms. The van der Waals surface area contributed by atoms with E-state index in [1.807, 2.05) is 0 Å². The molecule has 4 heteroatoms. The summed E-state index contributed by atoms with van der Waals surface area (Å²) < 4.78 is 0. The first-order valence-corrected chi connectivity index (χ1v) is 3.86. The van der Waals surface area contributed by atoms with E-state index in [-0.39, 0.29) is 5.57 Å². The molecular weight excluding hydrogens is 172 g/mol. The van der Waals surface area contributed by atoms with Gasteiger partial charge in [-0.2, -0.15) is 0 Å². The Kier molecular flexibility index (Phi) is 2.51. The van der Waals surface area contributed by atoms with Crippen LogP contribution in [-0.4, -0.2) is 22.2 Å². The van der Waals surface area contributed by atoms with Gasteiger partial charge >= 0.3 is 11.9 Å². The van der Waals surface area contributed by atoms with Crippen LogP contribution in [0.4, 0.5) is 0 Å². The second-order valence-corrected chi connectivity index (χ2v) is 3.07. The summed E-state index contributed by atoms with van der Waals surface area (Å²) in [7, 11) is 0. The molecule has 0 bridgehead atoms. The van der Waals surface area contributed by atoms with Crippen molar-refractivity contribution in [1.29, 1.82) is 0 Å². The van der Waals surface area contributed by atoms with Gasteiger partial charge in [0.1, 0.15) is 0 Å². The number of carboxylic acids is 2. The summed E-state index contributed by atoms with van der Waals surface area (Å²) >= 11 is 0. The molecule has 0 radical (unpaired) electrons. The number of allylic oxidation sites excluding steroid dienone is 1. The maximum atomic E-state index is 10.6. The Bertz CT molecular complexity index is 312. The van der Waals surface area contributed by atoms with Crippen LogP contribution in [0.15, 0.2) is 23.3 Å². The third kappa shape index (κ3) is 2.18. The van der Waals surface area contributed by atoms with Crippen LogP contribution in [0.1, 0.15) is 13.3 Å². The van der Waals surface area contributed by atoms with Crippen molar-refractivity contribution in [3.8, 4) is 0 Å². The predicted molar refractivity (Wildman–Crippen MR) is 45.2 cm³/mol. The molecule has 0 amide bonds. The van der Waals surface area contributed by atoms with Gasteiger partial charge in [0.05, 0.1) is 11.5 Å². The monoisotopic (exact) mass is 182 g/mol. The molecule has 0 saturated heterocycles. The normalized spacial score (nSPS) is 21.8. The lowest BCUT2D eigenvalue weighted by Crippen LogP contribution is -2.16. The van der Waals surface area contributed by atoms with Gasteiger partial charge in [0.25, 0.3) is 0 Å². The number of rotatable bonds is 2. The van der Waals surface area contributed by atoms with Crippen LogP contribution in [0, 0.1) is 5.92 Å². The average molecular weight is 182 g/mol. The van der Waals surface area contributed by atoms with Crippen molar-refractivity contribution in [3.63, 3.8) is 0 Å². The molecule has 0 fully saturated rings. The molecule has 1 atom stereocenters. The Morgan fingerprint density at radius 1 is 1.46 bits per heavy atom. The molecule has 4 nitrogen and oxygen atoms in total. The number of carboxylic acid groups (broad SMARTS) is 2. The highest BCUT2D eigenvalue weighted by molar-refractivity contribution is 5.91. The van der Waals surface area contributed by atoms with Crippen LogP contribution in [0.3, 0.4) is 0 Å². The van der Waals surface area contributed by atoms with E-state index in [1.165, 1.54) is 12.2 Å². The Hall–Kier alpha value is -1.58. The highest BCUT2D eigenvalue weighted by Crippen LogP contribution is 2.22. The molecule has 1 aliphatic carbocycles. The van der Waals surface area contributed by atoms with Gasteiger partial charge in [-0.3, -0.25) is 4.79 Å². The Balaban J connectivity index is 2.94. The molecular formula is C9H10O4. The van der Waals surface area contributed by atoms with Crippen LogP contribution in [0.25, 0.3) is 0 Å². The molecule has 0 aromatic rings. The molecule has 0 aromatic carbocycles. The number of carbonyl (C=O) groups is 2. The van der Waals surface area contributed by atoms with E-state index in [9.17, 15) is 9.59 Å². The van der Waals surface area contributed by atoms with Gasteiger partial charge in [0.15, 0.2) is 0 Å². The summed E-state index contributed by atoms with van der Waals surface area (Å²) in [6.45, 7) is 1.73. The SMILES string of the molecule is CC1=CC(C(=O)O)=C[C@@H](C(=O)O)C1. The topological polar surface area (TPSA) is 74.6 Å². The average Bonchev–Trinajstić information content (AvgIpc) is 2.03. The minimum absolute atomic E-state index is 0.0659. The standard InChI is InChI=1S/C9H10O4/c1-5-2-6(8(10)11)4-7(3-5)9(12)13/h2,4,7H,3H2,1H3,(H,10,11)(H,12,13)/t7-/m0/s1. The Morgan fingerprint density at radius 3 is 2.54 bits per heavy atom. The third-order valence-corrected chi connectivity index (χ3v) is 1.89. The summed E-state index contributed by atoms with van der Waals surface area (Å²) in [6, 6.07) is 0. The van der Waals surface area contributed by atoms with Gasteiger partial charge in [-0.05, 0) is 19.4 Å². The summed E-state index contributed by atoms with van der Waals surface area (Å²) in [6.07, 6.45) is 3.17. The van der Waals surface area contributed by atoms with Crippen molar-refractivity contribution in [2.75, 3.05) is 0 Å². The van der Waals surface area contributed by atoms with Crippen LogP contribution in [0.2, 0.25) is 0 Å². The molecule has 2 N–H and O–H groups in total. The number of hydrogen-bond donors (Lipinski definition) is 2. The highest BCUT2D eigenvalue weighted by atomic mass is 16.4. The smallest absolute Gasteiger partial charge is 0.335 e. The zero-order chi connectivity index (χ0) is 10.0. The van der Waals surface area contributed by atoms with Crippen LogP contribution < -0.4 is 0 Å². The summed E-state index contributed by atoms with van der Waals surface area (Å²) in [4.78, 5) is 21.2. The van der Waals surface area contributed by atoms with Gasteiger partial charge < -0.3 is 10.2 Å². The van der Waals surface area contributed by atoms with Crippen LogP contribution in [0.5, 0.6) is 0 Å². The van der Waals surface area contributed by atoms with Crippen molar-refractivity contribution < 1.29 is 19.8 Å². The highest BCUT2D eigenvalue weighted by Gasteiger charge is 2.21. The zero-order valence-electron chi connectivity index (χ0n) is 7.15. The van der Waals surface area contributed by atoms with Gasteiger partial charge in [0, 0.05) is 0 Å². The van der Waals surface area contributed by atoms with Crippen LogP contribution >= 0.6 is 0 Å². The maximum absolute atomic E-state index is 10.6. The molecule has 1 rings (SSSR count). The van der Waals surface area contributed by atoms with Crippen LogP contribution in [-0.2, 0) is 9.59 Å². The van der Waals surface area contributed by atoms with E-state index >= 15 is 0 Å². The van der Waals surface area contributed by atoms with Gasteiger partial charge in [-0.25, -0.2) is 4.79 Å². The Morgan fingerprint density at radius 2 is 2.08 bits per heavy atom. The van der Waals surface area contributed by atoms with Crippen molar-refractivity contribution in [3.05, 3.63) is 23.3 Å². The largest absolute Gasteiger partial charge is 0.481 e. The lowest BCUT2D eigenvalue weighted by molar-refractivity contribution is -0.140. The molecule has 0 aliphatic heterocycles. The van der Waals surface area contributed by atoms with E-state index in [1.54, 1.807) is 6.92 Å². The molecule has 0 unspecified atom stereocenters. The second-order valence-electron chi connectivity index (χ2n) is 3.07. The lowest BCUT2D eigenvalue weighted by atomic mass is 9.91. The number of hydrogen-bond acceptors (Lipinski definition) is 2. The number of aliphatic carboxylic acids is 2. The van der Waals surface area contributed by atoms with E-state index in [0.29, 0.717) is 6.42 Å². The fourth-order valence-electron chi connectivity index (χ4n) is 1.29.